The summed E-state index contributed by atoms with van der Waals surface area (Å²) in [4.78, 5) is 13.4. The Morgan fingerprint density at radius 2 is 2.09 bits per heavy atom. The lowest BCUT2D eigenvalue weighted by molar-refractivity contribution is -0.143. The molecule has 0 radical (unpaired) electrons. The highest BCUT2D eigenvalue weighted by atomic mass is 19.1. The van der Waals surface area contributed by atoms with E-state index in [1.54, 1.807) is 19.9 Å². The number of carboxylic acids is 1. The van der Waals surface area contributed by atoms with Gasteiger partial charge in [-0.05, 0) is 25.5 Å². The van der Waals surface area contributed by atoms with E-state index in [4.69, 9.17) is 5.11 Å². The molecule has 1 aromatic rings. The van der Waals surface area contributed by atoms with Crippen molar-refractivity contribution in [1.82, 2.24) is 10.2 Å². The van der Waals surface area contributed by atoms with Gasteiger partial charge in [0.2, 0.25) is 0 Å². The number of halogens is 1. The van der Waals surface area contributed by atoms with Crippen molar-refractivity contribution >= 4 is 5.97 Å². The van der Waals surface area contributed by atoms with Gasteiger partial charge < -0.3 is 10.4 Å². The van der Waals surface area contributed by atoms with Crippen LogP contribution < -0.4 is 5.32 Å². The van der Waals surface area contributed by atoms with E-state index in [2.05, 4.69) is 22.1 Å². The Morgan fingerprint density at radius 1 is 1.39 bits per heavy atom. The summed E-state index contributed by atoms with van der Waals surface area (Å²) in [7, 11) is 0. The average molecular weight is 318 g/mol. The second kappa shape index (κ2) is 7.58. The number of piperazine rings is 1. The highest BCUT2D eigenvalue weighted by Gasteiger charge is 2.24. The van der Waals surface area contributed by atoms with E-state index in [0.29, 0.717) is 17.7 Å². The third-order valence-electron chi connectivity index (χ3n) is 4.05. The summed E-state index contributed by atoms with van der Waals surface area (Å²) in [5.74, 6) is 4.62. The third-order valence-corrected chi connectivity index (χ3v) is 4.05. The summed E-state index contributed by atoms with van der Waals surface area (Å²) in [6.07, 6.45) is 0. The number of carboxylic acid groups (broad SMARTS) is 1. The van der Waals surface area contributed by atoms with Crippen LogP contribution in [0.1, 0.15) is 30.5 Å². The second-order valence-electron chi connectivity index (χ2n) is 6.28. The van der Waals surface area contributed by atoms with Gasteiger partial charge in [-0.1, -0.05) is 24.0 Å². The van der Waals surface area contributed by atoms with Crippen LogP contribution in [0.2, 0.25) is 0 Å². The van der Waals surface area contributed by atoms with Gasteiger partial charge in [0.1, 0.15) is 12.1 Å². The Kier molecular flexibility index (Phi) is 5.75. The van der Waals surface area contributed by atoms with Crippen LogP contribution in [-0.4, -0.2) is 42.2 Å². The largest absolute Gasteiger partial charge is 0.480 e. The fourth-order valence-corrected chi connectivity index (χ4v) is 2.44. The second-order valence-corrected chi connectivity index (χ2v) is 6.28. The molecule has 2 N–H and O–H groups in total. The topological polar surface area (TPSA) is 52.6 Å². The molecule has 23 heavy (non-hydrogen) atoms. The molecule has 0 aromatic heterocycles. The average Bonchev–Trinajstić information content (AvgIpc) is 2.54. The number of hydrogen-bond donors (Lipinski definition) is 2. The number of rotatable bonds is 4. The van der Waals surface area contributed by atoms with E-state index >= 15 is 0 Å². The molecular formula is C18H23FN2O2. The Morgan fingerprint density at radius 3 is 2.70 bits per heavy atom. The van der Waals surface area contributed by atoms with Crippen molar-refractivity contribution in [3.05, 3.63) is 34.9 Å². The number of aliphatic carboxylic acids is 1. The van der Waals surface area contributed by atoms with E-state index in [1.807, 2.05) is 12.1 Å². The monoisotopic (exact) mass is 318 g/mol. The Bertz CT molecular complexity index is 626. The smallest absolute Gasteiger partial charge is 0.321 e. The highest BCUT2D eigenvalue weighted by molar-refractivity contribution is 5.77. The fourth-order valence-electron chi connectivity index (χ4n) is 2.44. The van der Waals surface area contributed by atoms with Gasteiger partial charge >= 0.3 is 5.97 Å². The Labute approximate surface area is 136 Å². The zero-order valence-corrected chi connectivity index (χ0v) is 13.7. The zero-order chi connectivity index (χ0) is 16.9. The predicted octanol–water partition coefficient (Wildman–Crippen LogP) is 2.02. The number of hydrogen-bond acceptors (Lipinski definition) is 3. The van der Waals surface area contributed by atoms with Gasteiger partial charge in [-0.3, -0.25) is 9.69 Å². The van der Waals surface area contributed by atoms with E-state index in [0.717, 1.165) is 31.7 Å². The van der Waals surface area contributed by atoms with E-state index in [1.165, 1.54) is 0 Å². The molecule has 1 aliphatic heterocycles. The number of nitrogens with one attached hydrogen (secondary N) is 1. The maximum absolute atomic E-state index is 13.6. The lowest BCUT2D eigenvalue weighted by Crippen LogP contribution is -2.43. The van der Waals surface area contributed by atoms with Crippen LogP contribution in [0.3, 0.4) is 0 Å². The van der Waals surface area contributed by atoms with E-state index in [9.17, 15) is 9.18 Å². The van der Waals surface area contributed by atoms with Gasteiger partial charge in [-0.25, -0.2) is 4.39 Å². The van der Waals surface area contributed by atoms with Gasteiger partial charge in [0, 0.05) is 43.9 Å². The van der Waals surface area contributed by atoms with E-state index < -0.39 is 18.1 Å². The molecule has 0 unspecified atom stereocenters. The SMILES string of the molecule is CC(C)(C#Cc1cccc(CN2CCNCC2)c1CF)C(=O)O. The van der Waals surface area contributed by atoms with Crippen LogP contribution in [0.4, 0.5) is 4.39 Å². The molecule has 2 rings (SSSR count). The molecule has 4 nitrogen and oxygen atoms in total. The molecule has 1 aliphatic rings. The summed E-state index contributed by atoms with van der Waals surface area (Å²) in [5, 5.41) is 12.4. The molecule has 0 bridgehead atoms. The highest BCUT2D eigenvalue weighted by Crippen LogP contribution is 2.19. The molecule has 1 fully saturated rings. The molecule has 0 amide bonds. The van der Waals surface area contributed by atoms with Gasteiger partial charge in [-0.2, -0.15) is 0 Å². The standard InChI is InChI=1S/C18H23FN2O2/c1-18(2,17(22)23)7-6-14-4-3-5-15(16(14)12-19)13-21-10-8-20-9-11-21/h3-5,20H,8-13H2,1-2H3,(H,22,23). The van der Waals surface area contributed by atoms with Crippen LogP contribution in [0.5, 0.6) is 0 Å². The van der Waals surface area contributed by atoms with Gasteiger partial charge in [0.05, 0.1) is 0 Å². The van der Waals surface area contributed by atoms with Gasteiger partial charge in [0.15, 0.2) is 0 Å². The predicted molar refractivity (Wildman–Crippen MR) is 87.7 cm³/mol. The molecule has 5 heteroatoms. The summed E-state index contributed by atoms with van der Waals surface area (Å²) >= 11 is 0. The zero-order valence-electron chi connectivity index (χ0n) is 13.7. The molecule has 0 aliphatic carbocycles. The maximum Gasteiger partial charge on any atom is 0.321 e. The number of nitrogens with zero attached hydrogens (tertiary/aromatic N) is 1. The Balaban J connectivity index is 2.26. The van der Waals surface area contributed by atoms with Crippen molar-refractivity contribution in [2.45, 2.75) is 27.1 Å². The number of alkyl halides is 1. The first kappa shape index (κ1) is 17.5. The van der Waals surface area contributed by atoms with E-state index in [-0.39, 0.29) is 0 Å². The van der Waals surface area contributed by atoms with Gasteiger partial charge in [-0.15, -0.1) is 0 Å². The molecule has 1 heterocycles. The lowest BCUT2D eigenvalue weighted by atomic mass is 9.93. The van der Waals surface area contributed by atoms with Crippen LogP contribution in [0.25, 0.3) is 0 Å². The van der Waals surface area contributed by atoms with Crippen molar-refractivity contribution in [1.29, 1.82) is 0 Å². The summed E-state index contributed by atoms with van der Waals surface area (Å²) in [6.45, 7) is 6.94. The first-order valence-electron chi connectivity index (χ1n) is 7.80. The molecule has 1 aromatic carbocycles. The van der Waals surface area contributed by atoms with Crippen LogP contribution >= 0.6 is 0 Å². The van der Waals surface area contributed by atoms with Crippen LogP contribution in [0, 0.1) is 17.3 Å². The first-order valence-corrected chi connectivity index (χ1v) is 7.80. The molecule has 0 atom stereocenters. The molecule has 0 saturated carbocycles. The van der Waals surface area contributed by atoms with Crippen molar-refractivity contribution in [3.8, 4) is 11.8 Å². The summed E-state index contributed by atoms with van der Waals surface area (Å²) in [5.41, 5.74) is 0.922. The number of carbonyl (C=O) groups is 1. The minimum atomic E-state index is -1.15. The third kappa shape index (κ3) is 4.54. The quantitative estimate of drug-likeness (QED) is 0.834. The van der Waals surface area contributed by atoms with Crippen molar-refractivity contribution in [3.63, 3.8) is 0 Å². The minimum Gasteiger partial charge on any atom is -0.480 e. The summed E-state index contributed by atoms with van der Waals surface area (Å²) < 4.78 is 13.6. The number of benzene rings is 1. The lowest BCUT2D eigenvalue weighted by Gasteiger charge is -2.28. The van der Waals surface area contributed by atoms with Crippen LogP contribution in [-0.2, 0) is 18.0 Å². The molecule has 124 valence electrons. The molecular weight excluding hydrogens is 295 g/mol. The summed E-state index contributed by atoms with van der Waals surface area (Å²) in [6, 6.07) is 5.53. The molecule has 1 saturated heterocycles. The molecule has 0 spiro atoms. The van der Waals surface area contributed by atoms with Crippen LogP contribution in [0.15, 0.2) is 18.2 Å². The van der Waals surface area contributed by atoms with Crippen molar-refractivity contribution in [2.75, 3.05) is 26.2 Å². The van der Waals surface area contributed by atoms with Crippen molar-refractivity contribution in [2.24, 2.45) is 5.41 Å². The normalized spacial score (nSPS) is 15.8. The fraction of sp³-hybridized carbons (Fsp3) is 0.500. The van der Waals surface area contributed by atoms with Gasteiger partial charge in [0.25, 0.3) is 0 Å². The minimum absolute atomic E-state index is 0.569. The Hall–Kier alpha value is -1.90. The maximum atomic E-state index is 13.6. The van der Waals surface area contributed by atoms with Crippen molar-refractivity contribution < 1.29 is 14.3 Å². The first-order chi connectivity index (χ1) is 10.9.